The van der Waals surface area contributed by atoms with Crippen molar-refractivity contribution in [3.05, 3.63) is 48.0 Å². The predicted octanol–water partition coefficient (Wildman–Crippen LogP) is 3.69. The Hall–Kier alpha value is -3.35. The van der Waals surface area contributed by atoms with Crippen molar-refractivity contribution < 1.29 is 32.6 Å². The molecule has 0 saturated heterocycles. The number of amides is 3. The first kappa shape index (κ1) is 31.6. The average molecular weight is 603 g/mol. The van der Waals surface area contributed by atoms with E-state index in [4.69, 9.17) is 9.47 Å². The summed E-state index contributed by atoms with van der Waals surface area (Å²) in [6.07, 6.45) is 4.63. The standard InChI is InChI=1S/C30H42N4O7S/c1-20-17-34(21(2)19-35)29(36)26-16-23(32-30(37)31-22-8-6-5-7-9-22)10-15-27(26)41-28(20)18-33(3)42(38,39)25-13-11-24(40-4)12-14-25/h10-16,20-22,28,35H,5-9,17-19H2,1-4H3,(H2,31,32,37)/t20-,21+,28-/m0/s1. The summed E-state index contributed by atoms with van der Waals surface area (Å²) < 4.78 is 39.4. The van der Waals surface area contributed by atoms with Gasteiger partial charge in [0.15, 0.2) is 0 Å². The lowest BCUT2D eigenvalue weighted by atomic mass is 9.96. The molecule has 2 aromatic carbocycles. The zero-order chi connectivity index (χ0) is 30.4. The number of aliphatic hydroxyl groups excluding tert-OH is 1. The quantitative estimate of drug-likeness (QED) is 0.398. The van der Waals surface area contributed by atoms with Gasteiger partial charge in [0.1, 0.15) is 17.6 Å². The molecule has 1 saturated carbocycles. The maximum Gasteiger partial charge on any atom is 0.319 e. The summed E-state index contributed by atoms with van der Waals surface area (Å²) in [6, 6.07) is 10.3. The predicted molar refractivity (Wildman–Crippen MR) is 159 cm³/mol. The van der Waals surface area contributed by atoms with Crippen LogP contribution in [0.5, 0.6) is 11.5 Å². The maximum absolute atomic E-state index is 13.7. The van der Waals surface area contributed by atoms with Crippen molar-refractivity contribution >= 4 is 27.6 Å². The number of likely N-dealkylation sites (N-methyl/N-ethyl adjacent to an activating group) is 1. The Balaban J connectivity index is 1.58. The highest BCUT2D eigenvalue weighted by molar-refractivity contribution is 7.89. The fourth-order valence-corrected chi connectivity index (χ4v) is 6.58. The molecule has 0 aromatic heterocycles. The highest BCUT2D eigenvalue weighted by Crippen LogP contribution is 2.31. The largest absolute Gasteiger partial charge is 0.497 e. The number of anilines is 1. The number of hydrogen-bond acceptors (Lipinski definition) is 7. The van der Waals surface area contributed by atoms with Gasteiger partial charge in [0, 0.05) is 31.2 Å². The number of methoxy groups -OCH3 is 1. The van der Waals surface area contributed by atoms with E-state index < -0.39 is 22.2 Å². The fraction of sp³-hybridized carbons (Fsp3) is 0.533. The van der Waals surface area contributed by atoms with E-state index >= 15 is 0 Å². The number of nitrogens with zero attached hydrogens (tertiary/aromatic N) is 2. The lowest BCUT2D eigenvalue weighted by molar-refractivity contribution is 0.0387. The monoisotopic (exact) mass is 602 g/mol. The fourth-order valence-electron chi connectivity index (χ4n) is 5.40. The molecule has 2 aliphatic rings. The molecule has 42 heavy (non-hydrogen) atoms. The summed E-state index contributed by atoms with van der Waals surface area (Å²) in [5, 5.41) is 15.8. The molecule has 0 bridgehead atoms. The second-order valence-electron chi connectivity index (χ2n) is 11.2. The molecule has 0 radical (unpaired) electrons. The maximum atomic E-state index is 13.7. The van der Waals surface area contributed by atoms with Gasteiger partial charge >= 0.3 is 6.03 Å². The summed E-state index contributed by atoms with van der Waals surface area (Å²) in [4.78, 5) is 28.1. The Morgan fingerprint density at radius 1 is 1.17 bits per heavy atom. The van der Waals surface area contributed by atoms with Gasteiger partial charge < -0.3 is 30.1 Å². The number of rotatable bonds is 9. The molecule has 11 nitrogen and oxygen atoms in total. The van der Waals surface area contributed by atoms with Gasteiger partial charge in [-0.15, -0.1) is 0 Å². The van der Waals surface area contributed by atoms with Gasteiger partial charge in [-0.1, -0.05) is 26.2 Å². The number of urea groups is 1. The zero-order valence-electron chi connectivity index (χ0n) is 24.7. The summed E-state index contributed by atoms with van der Waals surface area (Å²) in [5.41, 5.74) is 0.656. The average Bonchev–Trinajstić information content (AvgIpc) is 2.99. The number of nitrogens with one attached hydrogen (secondary N) is 2. The van der Waals surface area contributed by atoms with E-state index in [9.17, 15) is 23.1 Å². The van der Waals surface area contributed by atoms with Gasteiger partial charge in [0.25, 0.3) is 5.91 Å². The SMILES string of the molecule is COc1ccc(S(=O)(=O)N(C)C[C@@H]2Oc3ccc(NC(=O)NC4CCCCC4)cc3C(=O)N([C@H](C)CO)C[C@@H]2C)cc1. The Labute approximate surface area is 248 Å². The molecule has 0 spiro atoms. The third-order valence-electron chi connectivity index (χ3n) is 8.07. The van der Waals surface area contributed by atoms with Crippen LogP contribution in [0.3, 0.4) is 0 Å². The second-order valence-corrected chi connectivity index (χ2v) is 13.3. The Bertz CT molecular complexity index is 1350. The zero-order valence-corrected chi connectivity index (χ0v) is 25.5. The van der Waals surface area contributed by atoms with E-state index in [0.29, 0.717) is 11.4 Å². The lowest BCUT2D eigenvalue weighted by Gasteiger charge is -2.38. The molecule has 2 aromatic rings. The topological polar surface area (TPSA) is 138 Å². The minimum atomic E-state index is -3.84. The van der Waals surface area contributed by atoms with E-state index in [-0.39, 0.29) is 59.8 Å². The van der Waals surface area contributed by atoms with Gasteiger partial charge in [-0.3, -0.25) is 4.79 Å². The summed E-state index contributed by atoms with van der Waals surface area (Å²) >= 11 is 0. The summed E-state index contributed by atoms with van der Waals surface area (Å²) in [6.45, 7) is 3.66. The molecule has 12 heteroatoms. The molecule has 3 amide bonds. The molecule has 230 valence electrons. The molecule has 0 unspecified atom stereocenters. The van der Waals surface area contributed by atoms with E-state index in [2.05, 4.69) is 10.6 Å². The molecule has 1 heterocycles. The van der Waals surface area contributed by atoms with Crippen LogP contribution < -0.4 is 20.1 Å². The molecule has 1 fully saturated rings. The van der Waals surface area contributed by atoms with Gasteiger partial charge in [-0.05, 0) is 62.2 Å². The number of fused-ring (bicyclic) bond motifs is 1. The van der Waals surface area contributed by atoms with E-state index in [1.165, 1.54) is 37.0 Å². The smallest absolute Gasteiger partial charge is 0.319 e. The molecular formula is C30H42N4O7S. The Morgan fingerprint density at radius 2 is 1.86 bits per heavy atom. The Morgan fingerprint density at radius 3 is 2.50 bits per heavy atom. The number of carbonyl (C=O) groups excluding carboxylic acids is 2. The number of hydrogen-bond donors (Lipinski definition) is 3. The summed E-state index contributed by atoms with van der Waals surface area (Å²) in [5.74, 6) is 0.213. The van der Waals surface area contributed by atoms with Crippen LogP contribution in [0.15, 0.2) is 47.4 Å². The molecule has 4 rings (SSSR count). The first-order valence-corrected chi connectivity index (χ1v) is 15.9. The van der Waals surface area contributed by atoms with E-state index in [1.54, 1.807) is 42.2 Å². The molecule has 1 aliphatic carbocycles. The van der Waals surface area contributed by atoms with E-state index in [0.717, 1.165) is 25.7 Å². The first-order chi connectivity index (χ1) is 20.0. The number of sulfonamides is 1. The second kappa shape index (κ2) is 13.7. The molecular weight excluding hydrogens is 560 g/mol. The van der Waals surface area contributed by atoms with Crippen LogP contribution in [0.1, 0.15) is 56.3 Å². The summed E-state index contributed by atoms with van der Waals surface area (Å²) in [7, 11) is -0.836. The van der Waals surface area contributed by atoms with Gasteiger partial charge in [0.05, 0.1) is 36.8 Å². The minimum Gasteiger partial charge on any atom is -0.497 e. The van der Waals surface area contributed by atoms with Crippen molar-refractivity contribution in [1.82, 2.24) is 14.5 Å². The van der Waals surface area contributed by atoms with Crippen LogP contribution in [0.2, 0.25) is 0 Å². The van der Waals surface area contributed by atoms with Crippen molar-refractivity contribution in [3.63, 3.8) is 0 Å². The van der Waals surface area contributed by atoms with Crippen LogP contribution in [0.25, 0.3) is 0 Å². The van der Waals surface area contributed by atoms with Gasteiger partial charge in [-0.25, -0.2) is 13.2 Å². The van der Waals surface area contributed by atoms with Crippen molar-refractivity contribution in [2.45, 2.75) is 69.0 Å². The van der Waals surface area contributed by atoms with Crippen LogP contribution >= 0.6 is 0 Å². The third kappa shape index (κ3) is 7.34. The molecule has 1 aliphatic heterocycles. The van der Waals surface area contributed by atoms with Crippen LogP contribution in [0, 0.1) is 5.92 Å². The van der Waals surface area contributed by atoms with Gasteiger partial charge in [-0.2, -0.15) is 4.31 Å². The van der Waals surface area contributed by atoms with Crippen molar-refractivity contribution in [1.29, 1.82) is 0 Å². The Kier molecular flexibility index (Phi) is 10.3. The highest BCUT2D eigenvalue weighted by atomic mass is 32.2. The highest BCUT2D eigenvalue weighted by Gasteiger charge is 2.35. The number of benzene rings is 2. The van der Waals surface area contributed by atoms with Crippen molar-refractivity contribution in [2.24, 2.45) is 5.92 Å². The normalized spacial score (nSPS) is 20.6. The number of carbonyl (C=O) groups is 2. The van der Waals surface area contributed by atoms with Crippen LogP contribution in [-0.2, 0) is 10.0 Å². The number of ether oxygens (including phenoxy) is 2. The van der Waals surface area contributed by atoms with E-state index in [1.807, 2.05) is 6.92 Å². The first-order valence-electron chi connectivity index (χ1n) is 14.4. The van der Waals surface area contributed by atoms with Crippen molar-refractivity contribution in [3.8, 4) is 11.5 Å². The molecule has 3 atom stereocenters. The van der Waals surface area contributed by atoms with Crippen LogP contribution in [0.4, 0.5) is 10.5 Å². The molecule has 3 N–H and O–H groups in total. The van der Waals surface area contributed by atoms with Crippen molar-refractivity contribution in [2.75, 3.05) is 39.2 Å². The lowest BCUT2D eigenvalue weighted by Crippen LogP contribution is -2.50. The number of aliphatic hydroxyl groups is 1. The van der Waals surface area contributed by atoms with Gasteiger partial charge in [0.2, 0.25) is 10.0 Å². The third-order valence-corrected chi connectivity index (χ3v) is 9.91. The minimum absolute atomic E-state index is 0.0221. The van der Waals surface area contributed by atoms with Crippen LogP contribution in [-0.4, -0.2) is 86.7 Å².